The van der Waals surface area contributed by atoms with Crippen molar-refractivity contribution in [2.45, 2.75) is 56.8 Å². The van der Waals surface area contributed by atoms with Gasteiger partial charge in [0.05, 0.1) is 0 Å². The predicted molar refractivity (Wildman–Crippen MR) is 214 cm³/mol. The second-order valence-corrected chi connectivity index (χ2v) is 13.6. The highest BCUT2D eigenvalue weighted by Crippen LogP contribution is 2.20. The minimum atomic E-state index is -1.49. The number of benzene rings is 4. The van der Waals surface area contributed by atoms with Crippen LogP contribution < -0.4 is 21.7 Å². The number of para-hydroxylation sites is 1. The molecule has 0 spiro atoms. The number of unbranched alkanes of at least 4 members (excludes halogenated alkanes) is 1. The number of carboxylic acids is 1. The van der Waals surface area contributed by atoms with E-state index in [0.717, 1.165) is 16.5 Å². The average molecular weight is 791 g/mol. The molecule has 58 heavy (non-hydrogen) atoms. The number of imide groups is 1. The van der Waals surface area contributed by atoms with Crippen LogP contribution in [0.15, 0.2) is 115 Å². The number of aromatic hydroxyl groups is 1. The highest BCUT2D eigenvalue weighted by atomic mass is 16.5. The maximum absolute atomic E-state index is 14.2. The number of phenols is 1. The Morgan fingerprint density at radius 3 is 2.03 bits per heavy atom. The Morgan fingerprint density at radius 1 is 0.707 bits per heavy atom. The monoisotopic (exact) mass is 790 g/mol. The van der Waals surface area contributed by atoms with E-state index in [4.69, 9.17) is 10.5 Å². The number of carboxylic acid groups (broad SMARTS) is 1. The van der Waals surface area contributed by atoms with E-state index in [1.165, 1.54) is 36.4 Å². The minimum absolute atomic E-state index is 0.0150. The normalized spacial score (nSPS) is 12.4. The number of nitrogens with two attached hydrogens (primary N) is 1. The third-order valence-corrected chi connectivity index (χ3v) is 9.32. The number of carbonyl (C=O) groups excluding carboxylic acids is 5. The summed E-state index contributed by atoms with van der Waals surface area (Å²) in [6, 6.07) is 25.9. The number of hydrogen-bond donors (Lipinski definition) is 7. The standard InChI is InChI=1S/C43H46N6O9/c44-22-10-9-17-35(46-40(54)36(24-31-25-45-34-16-8-7-15-33(31)34)48-43(57)58-27-29-11-3-1-4-12-29)39(53)47-37(23-28-18-20-32(50)21-19-28)42(56)49(26-38(51)52)41(55)30-13-5-2-6-14-30/h1-8,11-16,18-21,25,35-37,45,50H,9-10,17,22-24,26-27,44H2,(H,46,54)(H,47,53)(H,48,57)(H,51,52)/t35-,36-,37-/m0/s1. The summed E-state index contributed by atoms with van der Waals surface area (Å²) in [6.45, 7) is -0.749. The maximum Gasteiger partial charge on any atom is 0.408 e. The summed E-state index contributed by atoms with van der Waals surface area (Å²) >= 11 is 0. The fourth-order valence-electron chi connectivity index (χ4n) is 6.32. The number of aromatic nitrogens is 1. The number of aromatic amines is 1. The quantitative estimate of drug-likeness (QED) is 0.0598. The van der Waals surface area contributed by atoms with Crippen LogP contribution >= 0.6 is 0 Å². The van der Waals surface area contributed by atoms with Gasteiger partial charge in [-0.1, -0.05) is 78.9 Å². The third-order valence-electron chi connectivity index (χ3n) is 9.32. The van der Waals surface area contributed by atoms with Crippen molar-refractivity contribution in [1.82, 2.24) is 25.8 Å². The molecule has 0 fully saturated rings. The molecule has 5 aromatic rings. The van der Waals surface area contributed by atoms with E-state index in [1.807, 2.05) is 30.3 Å². The molecule has 8 N–H and O–H groups in total. The fourth-order valence-corrected chi connectivity index (χ4v) is 6.32. The summed E-state index contributed by atoms with van der Waals surface area (Å²) in [5.41, 5.74) is 8.53. The molecule has 5 amide bonds. The van der Waals surface area contributed by atoms with Crippen LogP contribution in [0.25, 0.3) is 10.9 Å². The first-order chi connectivity index (χ1) is 28.0. The van der Waals surface area contributed by atoms with Crippen molar-refractivity contribution in [2.75, 3.05) is 13.1 Å². The van der Waals surface area contributed by atoms with Crippen molar-refractivity contribution in [2.24, 2.45) is 5.73 Å². The largest absolute Gasteiger partial charge is 0.508 e. The number of ether oxygens (including phenoxy) is 1. The molecule has 0 aliphatic rings. The fraction of sp³-hybridized carbons (Fsp3) is 0.256. The van der Waals surface area contributed by atoms with Crippen LogP contribution in [0, 0.1) is 0 Å². The zero-order valence-electron chi connectivity index (χ0n) is 31.6. The number of aliphatic carboxylic acids is 1. The van der Waals surface area contributed by atoms with Crippen molar-refractivity contribution in [3.63, 3.8) is 0 Å². The highest BCUT2D eigenvalue weighted by Gasteiger charge is 2.35. The Kier molecular flexibility index (Phi) is 15.1. The van der Waals surface area contributed by atoms with Gasteiger partial charge in [-0.15, -0.1) is 0 Å². The lowest BCUT2D eigenvalue weighted by Crippen LogP contribution is -2.58. The average Bonchev–Trinajstić information content (AvgIpc) is 3.64. The molecule has 15 nitrogen and oxygen atoms in total. The van der Waals surface area contributed by atoms with Crippen LogP contribution in [0.4, 0.5) is 4.79 Å². The molecule has 3 atom stereocenters. The van der Waals surface area contributed by atoms with Crippen LogP contribution in [0.1, 0.15) is 46.3 Å². The molecular weight excluding hydrogens is 745 g/mol. The molecule has 1 heterocycles. The lowest BCUT2D eigenvalue weighted by Gasteiger charge is -2.28. The molecule has 0 saturated heterocycles. The van der Waals surface area contributed by atoms with Gasteiger partial charge in [0, 0.05) is 35.5 Å². The molecule has 0 aliphatic carbocycles. The van der Waals surface area contributed by atoms with Crippen LogP contribution in [-0.4, -0.2) is 87.0 Å². The summed E-state index contributed by atoms with van der Waals surface area (Å²) in [7, 11) is 0. The zero-order valence-corrected chi connectivity index (χ0v) is 31.6. The van der Waals surface area contributed by atoms with Gasteiger partial charge < -0.3 is 41.6 Å². The van der Waals surface area contributed by atoms with Gasteiger partial charge in [-0.05, 0) is 72.8 Å². The molecule has 0 aliphatic heterocycles. The van der Waals surface area contributed by atoms with Crippen molar-refractivity contribution in [3.8, 4) is 5.75 Å². The number of alkyl carbamates (subject to hydrolysis) is 1. The Morgan fingerprint density at radius 2 is 1.34 bits per heavy atom. The van der Waals surface area contributed by atoms with E-state index < -0.39 is 60.4 Å². The summed E-state index contributed by atoms with van der Waals surface area (Å²) in [4.78, 5) is 84.9. The molecule has 4 aromatic carbocycles. The number of hydrogen-bond acceptors (Lipinski definition) is 9. The number of carbonyl (C=O) groups is 6. The predicted octanol–water partition coefficient (Wildman–Crippen LogP) is 3.81. The summed E-state index contributed by atoms with van der Waals surface area (Å²) in [6.07, 6.45) is 1.64. The van der Waals surface area contributed by atoms with Crippen molar-refractivity contribution >= 4 is 46.6 Å². The van der Waals surface area contributed by atoms with Gasteiger partial charge >= 0.3 is 12.1 Å². The lowest BCUT2D eigenvalue weighted by atomic mass is 10.0. The first-order valence-corrected chi connectivity index (χ1v) is 18.8. The molecular formula is C43H46N6O9. The number of H-pyrrole nitrogens is 1. The molecule has 5 rings (SSSR count). The lowest BCUT2D eigenvalue weighted by molar-refractivity contribution is -0.144. The van der Waals surface area contributed by atoms with Gasteiger partial charge in [0.15, 0.2) is 0 Å². The second-order valence-electron chi connectivity index (χ2n) is 13.6. The second kappa shape index (κ2) is 20.8. The van der Waals surface area contributed by atoms with E-state index in [1.54, 1.807) is 48.7 Å². The topological polar surface area (TPSA) is 233 Å². The van der Waals surface area contributed by atoms with Crippen LogP contribution in [-0.2, 0) is 43.4 Å². The molecule has 1 aromatic heterocycles. The first kappa shape index (κ1) is 42.1. The number of amides is 5. The van der Waals surface area contributed by atoms with E-state index >= 15 is 0 Å². The van der Waals surface area contributed by atoms with Gasteiger partial charge in [-0.3, -0.25) is 28.9 Å². The molecule has 0 unspecified atom stereocenters. The number of nitrogens with zero attached hydrogens (tertiary/aromatic N) is 1. The third kappa shape index (κ3) is 12.0. The number of nitrogens with one attached hydrogen (secondary N) is 4. The SMILES string of the molecule is NCCCC[C@H](NC(=O)[C@H](Cc1c[nH]c2ccccc12)NC(=O)OCc1ccccc1)C(=O)N[C@@H](Cc1ccc(O)cc1)C(=O)N(CC(=O)O)C(=O)c1ccccc1. The summed E-state index contributed by atoms with van der Waals surface area (Å²) < 4.78 is 5.43. The smallest absolute Gasteiger partial charge is 0.408 e. The van der Waals surface area contributed by atoms with Crippen LogP contribution in [0.3, 0.4) is 0 Å². The zero-order chi connectivity index (χ0) is 41.4. The van der Waals surface area contributed by atoms with E-state index in [9.17, 15) is 39.0 Å². The van der Waals surface area contributed by atoms with Crippen molar-refractivity contribution in [3.05, 3.63) is 138 Å². The van der Waals surface area contributed by atoms with E-state index in [0.29, 0.717) is 35.4 Å². The molecule has 0 bridgehead atoms. The number of phenolic OH excluding ortho intramolecular Hbond substituents is 1. The highest BCUT2D eigenvalue weighted by molar-refractivity contribution is 6.08. The number of rotatable bonds is 19. The van der Waals surface area contributed by atoms with Crippen molar-refractivity contribution < 1.29 is 43.7 Å². The number of fused-ring (bicyclic) bond motifs is 1. The van der Waals surface area contributed by atoms with Crippen LogP contribution in [0.5, 0.6) is 5.75 Å². The van der Waals surface area contributed by atoms with Gasteiger partial charge in [0.25, 0.3) is 11.8 Å². The van der Waals surface area contributed by atoms with Gasteiger partial charge in [-0.2, -0.15) is 0 Å². The minimum Gasteiger partial charge on any atom is -0.508 e. The van der Waals surface area contributed by atoms with Gasteiger partial charge in [0.2, 0.25) is 11.8 Å². The van der Waals surface area contributed by atoms with Gasteiger partial charge in [0.1, 0.15) is 37.0 Å². The Balaban J connectivity index is 1.41. The maximum atomic E-state index is 14.2. The van der Waals surface area contributed by atoms with Gasteiger partial charge in [-0.25, -0.2) is 4.79 Å². The molecule has 0 saturated carbocycles. The molecule has 15 heteroatoms. The summed E-state index contributed by atoms with van der Waals surface area (Å²) in [5.74, 6) is -4.94. The Bertz CT molecular complexity index is 2180. The molecule has 302 valence electrons. The summed E-state index contributed by atoms with van der Waals surface area (Å²) in [5, 5.41) is 28.5. The van der Waals surface area contributed by atoms with E-state index in [2.05, 4.69) is 20.9 Å². The van der Waals surface area contributed by atoms with Crippen LogP contribution in [0.2, 0.25) is 0 Å². The Hall–Kier alpha value is -7.00. The van der Waals surface area contributed by atoms with Crippen molar-refractivity contribution in [1.29, 1.82) is 0 Å². The molecule has 0 radical (unpaired) electrons. The Labute approximate surface area is 334 Å². The first-order valence-electron chi connectivity index (χ1n) is 18.8. The van der Waals surface area contributed by atoms with E-state index in [-0.39, 0.29) is 37.2 Å².